The molecule has 1 atom stereocenters. The lowest BCUT2D eigenvalue weighted by Gasteiger charge is -2.16. The highest BCUT2D eigenvalue weighted by molar-refractivity contribution is 6.35. The Bertz CT molecular complexity index is 872. The number of hydrogen-bond donors (Lipinski definition) is 4. The number of nitrogens with zero attached hydrogens (tertiary/aromatic N) is 1. The number of nitrogens with one attached hydrogen (secondary N) is 1. The predicted molar refractivity (Wildman–Crippen MR) is 106 cm³/mol. The second-order valence-electron chi connectivity index (χ2n) is 6.62. The van der Waals surface area contributed by atoms with Crippen molar-refractivity contribution in [3.63, 3.8) is 0 Å². The highest BCUT2D eigenvalue weighted by Gasteiger charge is 2.24. The first-order valence-corrected chi connectivity index (χ1v) is 9.35. The Morgan fingerprint density at radius 1 is 1.29 bits per heavy atom. The molecule has 0 aliphatic rings. The minimum absolute atomic E-state index is 0.00200. The van der Waals surface area contributed by atoms with Crippen LogP contribution >= 0.6 is 11.6 Å². The molecular formula is C19H24ClN3O5. The molecular weight excluding hydrogens is 386 g/mol. The lowest BCUT2D eigenvalue weighted by atomic mass is 10.1. The monoisotopic (exact) mass is 409 g/mol. The molecule has 28 heavy (non-hydrogen) atoms. The molecule has 2 rings (SSSR count). The maximum absolute atomic E-state index is 12.5. The fraction of sp³-hybridized carbons (Fsp3) is 0.421. The molecule has 9 heteroatoms. The first-order valence-electron chi connectivity index (χ1n) is 8.97. The number of hydrogen-bond acceptors (Lipinski definition) is 6. The summed E-state index contributed by atoms with van der Waals surface area (Å²) in [5.74, 6) is -1.82. The van der Waals surface area contributed by atoms with Gasteiger partial charge in [-0.05, 0) is 57.9 Å². The number of rotatable bonds is 9. The number of aromatic nitrogens is 1. The van der Waals surface area contributed by atoms with Crippen LogP contribution in [0, 0.1) is 0 Å². The Labute approximate surface area is 167 Å². The molecule has 0 aliphatic heterocycles. The van der Waals surface area contributed by atoms with Gasteiger partial charge in [0.05, 0.1) is 6.10 Å². The van der Waals surface area contributed by atoms with Crippen molar-refractivity contribution in [1.82, 2.24) is 10.3 Å². The number of pyridine rings is 1. The van der Waals surface area contributed by atoms with Gasteiger partial charge in [0.1, 0.15) is 16.9 Å². The Kier molecular flexibility index (Phi) is 7.42. The number of carboxylic acid groups (broad SMARTS) is 1. The largest absolute Gasteiger partial charge is 0.505 e. The van der Waals surface area contributed by atoms with E-state index in [2.05, 4.69) is 10.3 Å². The number of unbranched alkanes of at least 4 members (excludes halogenated alkanes) is 1. The number of carboxylic acids is 1. The van der Waals surface area contributed by atoms with Crippen molar-refractivity contribution in [1.29, 1.82) is 0 Å². The third-order valence-electron chi connectivity index (χ3n) is 4.04. The fourth-order valence-electron chi connectivity index (χ4n) is 2.72. The van der Waals surface area contributed by atoms with E-state index >= 15 is 0 Å². The van der Waals surface area contributed by atoms with Crippen LogP contribution in [0.1, 0.15) is 43.6 Å². The van der Waals surface area contributed by atoms with E-state index in [0.29, 0.717) is 35.9 Å². The summed E-state index contributed by atoms with van der Waals surface area (Å²) in [6.45, 7) is 4.19. The standard InChI is InChI=1S/C19H24ClN3O5/c1-10(2)28-11-6-7-12-13(9-11)17(20)23-15(16(12)24)18(25)22-14(19(26)27)5-3-4-8-21/h6-7,9-10,14,24H,3-5,8,21H2,1-2H3,(H,22,25)(H,26,27)/t14-/m1/s1. The van der Waals surface area contributed by atoms with Crippen LogP contribution in [0.5, 0.6) is 11.5 Å². The minimum Gasteiger partial charge on any atom is -0.505 e. The molecule has 1 heterocycles. The van der Waals surface area contributed by atoms with E-state index in [0.717, 1.165) is 0 Å². The van der Waals surface area contributed by atoms with Crippen LogP contribution in [0.3, 0.4) is 0 Å². The Hall–Kier alpha value is -2.58. The first-order chi connectivity index (χ1) is 13.2. The van der Waals surface area contributed by atoms with Crippen molar-refractivity contribution in [2.24, 2.45) is 5.73 Å². The summed E-state index contributed by atoms with van der Waals surface area (Å²) in [5.41, 5.74) is 5.07. The molecule has 0 spiro atoms. The molecule has 0 saturated carbocycles. The SMILES string of the molecule is CC(C)Oc1ccc2c(O)c(C(=O)N[C@H](CCCCN)C(=O)O)nc(Cl)c2c1. The predicted octanol–water partition coefficient (Wildman–Crippen LogP) is 2.69. The van der Waals surface area contributed by atoms with E-state index < -0.39 is 17.9 Å². The number of aliphatic carboxylic acids is 1. The molecule has 0 bridgehead atoms. The number of carbonyl (C=O) groups excluding carboxylic acids is 1. The molecule has 0 unspecified atom stereocenters. The topological polar surface area (TPSA) is 135 Å². The van der Waals surface area contributed by atoms with Crippen LogP contribution in [-0.2, 0) is 4.79 Å². The molecule has 1 aromatic heterocycles. The molecule has 2 aromatic rings. The van der Waals surface area contributed by atoms with Crippen molar-refractivity contribution in [3.05, 3.63) is 29.0 Å². The van der Waals surface area contributed by atoms with E-state index in [1.54, 1.807) is 18.2 Å². The van der Waals surface area contributed by atoms with Gasteiger partial charge in [-0.15, -0.1) is 0 Å². The van der Waals surface area contributed by atoms with Crippen LogP contribution in [-0.4, -0.2) is 45.8 Å². The number of nitrogens with two attached hydrogens (primary N) is 1. The Morgan fingerprint density at radius 2 is 2.00 bits per heavy atom. The van der Waals surface area contributed by atoms with E-state index in [1.165, 1.54) is 0 Å². The van der Waals surface area contributed by atoms with E-state index in [1.807, 2.05) is 13.8 Å². The molecule has 5 N–H and O–H groups in total. The number of ether oxygens (including phenoxy) is 1. The molecule has 1 aromatic carbocycles. The Morgan fingerprint density at radius 3 is 2.61 bits per heavy atom. The van der Waals surface area contributed by atoms with Crippen molar-refractivity contribution >= 4 is 34.2 Å². The average molecular weight is 410 g/mol. The fourth-order valence-corrected chi connectivity index (χ4v) is 2.96. The quantitative estimate of drug-likeness (QED) is 0.369. The summed E-state index contributed by atoms with van der Waals surface area (Å²) in [5, 5.41) is 22.9. The number of fused-ring (bicyclic) bond motifs is 1. The lowest BCUT2D eigenvalue weighted by molar-refractivity contribution is -0.139. The molecule has 0 fully saturated rings. The van der Waals surface area contributed by atoms with Crippen molar-refractivity contribution in [3.8, 4) is 11.5 Å². The maximum Gasteiger partial charge on any atom is 0.326 e. The smallest absolute Gasteiger partial charge is 0.326 e. The van der Waals surface area contributed by atoms with Crippen LogP contribution < -0.4 is 15.8 Å². The highest BCUT2D eigenvalue weighted by Crippen LogP contribution is 2.34. The molecule has 0 aliphatic carbocycles. The number of amides is 1. The van der Waals surface area contributed by atoms with E-state index in [-0.39, 0.29) is 29.1 Å². The third-order valence-corrected chi connectivity index (χ3v) is 4.33. The minimum atomic E-state index is -1.17. The van der Waals surface area contributed by atoms with Gasteiger partial charge in [0.2, 0.25) is 0 Å². The molecule has 0 saturated heterocycles. The van der Waals surface area contributed by atoms with Gasteiger partial charge in [0.15, 0.2) is 11.4 Å². The van der Waals surface area contributed by atoms with Gasteiger partial charge in [0, 0.05) is 10.8 Å². The molecule has 152 valence electrons. The van der Waals surface area contributed by atoms with Gasteiger partial charge >= 0.3 is 5.97 Å². The molecule has 0 radical (unpaired) electrons. The summed E-state index contributed by atoms with van der Waals surface area (Å²) in [6.07, 6.45) is 1.36. The first kappa shape index (κ1) is 21.7. The summed E-state index contributed by atoms with van der Waals surface area (Å²) >= 11 is 6.20. The van der Waals surface area contributed by atoms with Crippen LogP contribution in [0.25, 0.3) is 10.8 Å². The summed E-state index contributed by atoms with van der Waals surface area (Å²) in [7, 11) is 0. The summed E-state index contributed by atoms with van der Waals surface area (Å²) in [6, 6.07) is 3.73. The lowest BCUT2D eigenvalue weighted by Crippen LogP contribution is -2.41. The third kappa shape index (κ3) is 5.24. The van der Waals surface area contributed by atoms with Crippen LogP contribution in [0.2, 0.25) is 5.15 Å². The zero-order chi connectivity index (χ0) is 20.8. The second kappa shape index (κ2) is 9.57. The Balaban J connectivity index is 2.31. The van der Waals surface area contributed by atoms with Crippen LogP contribution in [0.4, 0.5) is 0 Å². The number of carbonyl (C=O) groups is 2. The van der Waals surface area contributed by atoms with Gasteiger partial charge in [-0.2, -0.15) is 0 Å². The maximum atomic E-state index is 12.5. The zero-order valence-electron chi connectivity index (χ0n) is 15.7. The number of aromatic hydroxyl groups is 1. The van der Waals surface area contributed by atoms with Crippen molar-refractivity contribution < 1.29 is 24.5 Å². The highest BCUT2D eigenvalue weighted by atomic mass is 35.5. The zero-order valence-corrected chi connectivity index (χ0v) is 16.5. The number of halogens is 1. The van der Waals surface area contributed by atoms with Crippen molar-refractivity contribution in [2.75, 3.05) is 6.54 Å². The van der Waals surface area contributed by atoms with Crippen molar-refractivity contribution in [2.45, 2.75) is 45.3 Å². The van der Waals surface area contributed by atoms with Gasteiger partial charge in [-0.3, -0.25) is 4.79 Å². The van der Waals surface area contributed by atoms with Gasteiger partial charge in [-0.1, -0.05) is 11.6 Å². The number of benzene rings is 1. The van der Waals surface area contributed by atoms with Gasteiger partial charge < -0.3 is 26.0 Å². The van der Waals surface area contributed by atoms with E-state index in [9.17, 15) is 19.8 Å². The average Bonchev–Trinajstić information content (AvgIpc) is 2.63. The second-order valence-corrected chi connectivity index (χ2v) is 6.98. The normalized spacial score (nSPS) is 12.2. The summed E-state index contributed by atoms with van der Waals surface area (Å²) in [4.78, 5) is 27.9. The van der Waals surface area contributed by atoms with Gasteiger partial charge in [0.25, 0.3) is 5.91 Å². The summed E-state index contributed by atoms with van der Waals surface area (Å²) < 4.78 is 5.60. The molecule has 8 nitrogen and oxygen atoms in total. The molecule has 1 amide bonds. The van der Waals surface area contributed by atoms with Gasteiger partial charge in [-0.25, -0.2) is 9.78 Å². The van der Waals surface area contributed by atoms with Crippen LogP contribution in [0.15, 0.2) is 18.2 Å². The van der Waals surface area contributed by atoms with E-state index in [4.69, 9.17) is 22.1 Å².